The third-order valence-corrected chi connectivity index (χ3v) is 2.81. The van der Waals surface area contributed by atoms with Crippen LogP contribution in [-0.2, 0) is 9.53 Å². The van der Waals surface area contributed by atoms with Crippen molar-refractivity contribution in [1.82, 2.24) is 0 Å². The van der Waals surface area contributed by atoms with Gasteiger partial charge in [-0.15, -0.1) is 0 Å². The highest BCUT2D eigenvalue weighted by atomic mass is 19.1. The first-order valence-corrected chi connectivity index (χ1v) is 6.06. The van der Waals surface area contributed by atoms with Crippen molar-refractivity contribution in [2.75, 3.05) is 0 Å². The van der Waals surface area contributed by atoms with Gasteiger partial charge in [-0.2, -0.15) is 0 Å². The summed E-state index contributed by atoms with van der Waals surface area (Å²) in [5, 5.41) is 0. The number of nitrogens with zero attached hydrogens (tertiary/aromatic N) is 1. The molecule has 98 valence electrons. The average Bonchev–Trinajstić information content (AvgIpc) is 2.82. The molecule has 2 aromatic carbocycles. The first-order valence-electron chi connectivity index (χ1n) is 6.06. The highest BCUT2D eigenvalue weighted by molar-refractivity contribution is 6.12. The van der Waals surface area contributed by atoms with Gasteiger partial charge >= 0.3 is 5.97 Å². The molecule has 4 heteroatoms. The largest absolute Gasteiger partial charge is 0.402 e. The van der Waals surface area contributed by atoms with Crippen molar-refractivity contribution in [3.05, 3.63) is 77.2 Å². The molecule has 20 heavy (non-hydrogen) atoms. The third kappa shape index (κ3) is 2.49. The molecule has 0 amide bonds. The molecule has 0 atom stereocenters. The molecule has 0 N–H and O–H groups in total. The molecule has 0 fully saturated rings. The molecule has 0 spiro atoms. The van der Waals surface area contributed by atoms with Crippen molar-refractivity contribution < 1.29 is 13.9 Å². The number of esters is 1. The molecule has 2 aromatic rings. The van der Waals surface area contributed by atoms with E-state index in [4.69, 9.17) is 4.74 Å². The van der Waals surface area contributed by atoms with E-state index < -0.39 is 5.97 Å². The summed E-state index contributed by atoms with van der Waals surface area (Å²) in [7, 11) is 0. The van der Waals surface area contributed by atoms with Crippen LogP contribution in [0.3, 0.4) is 0 Å². The summed E-state index contributed by atoms with van der Waals surface area (Å²) >= 11 is 0. The molecule has 1 heterocycles. The minimum atomic E-state index is -0.506. The number of carbonyl (C=O) groups excluding carboxylic acids is 1. The number of ether oxygens (including phenoxy) is 1. The highest BCUT2D eigenvalue weighted by Gasteiger charge is 2.23. The molecule has 0 saturated carbocycles. The Morgan fingerprint density at radius 2 is 1.70 bits per heavy atom. The van der Waals surface area contributed by atoms with Gasteiger partial charge in [0.2, 0.25) is 5.90 Å². The van der Waals surface area contributed by atoms with Crippen LogP contribution in [0.4, 0.5) is 4.39 Å². The van der Waals surface area contributed by atoms with Gasteiger partial charge in [-0.3, -0.25) is 0 Å². The SMILES string of the molecule is O=C1OC(c2ccc(F)cc2)=N/C1=C/c1ccccc1. The Bertz CT molecular complexity index is 703. The molecule has 1 aliphatic rings. The van der Waals surface area contributed by atoms with Crippen LogP contribution in [0.5, 0.6) is 0 Å². The number of aliphatic imine (C=N–C) groups is 1. The monoisotopic (exact) mass is 267 g/mol. The molecule has 0 aromatic heterocycles. The lowest BCUT2D eigenvalue weighted by Gasteiger charge is -1.98. The maximum absolute atomic E-state index is 12.9. The third-order valence-electron chi connectivity index (χ3n) is 2.81. The van der Waals surface area contributed by atoms with Gasteiger partial charge in [-0.25, -0.2) is 14.2 Å². The van der Waals surface area contributed by atoms with E-state index >= 15 is 0 Å². The van der Waals surface area contributed by atoms with Crippen LogP contribution in [0.25, 0.3) is 6.08 Å². The summed E-state index contributed by atoms with van der Waals surface area (Å²) < 4.78 is 17.9. The minimum absolute atomic E-state index is 0.192. The van der Waals surface area contributed by atoms with Gasteiger partial charge in [0.05, 0.1) is 0 Å². The van der Waals surface area contributed by atoms with Crippen LogP contribution in [0.2, 0.25) is 0 Å². The van der Waals surface area contributed by atoms with E-state index in [0.717, 1.165) is 5.56 Å². The number of hydrogen-bond donors (Lipinski definition) is 0. The first kappa shape index (κ1) is 12.3. The fourth-order valence-corrected chi connectivity index (χ4v) is 1.83. The fourth-order valence-electron chi connectivity index (χ4n) is 1.83. The maximum Gasteiger partial charge on any atom is 0.363 e. The number of benzene rings is 2. The van der Waals surface area contributed by atoms with Gasteiger partial charge in [0.1, 0.15) is 5.82 Å². The van der Waals surface area contributed by atoms with Crippen molar-refractivity contribution in [1.29, 1.82) is 0 Å². The first-order chi connectivity index (χ1) is 9.72. The van der Waals surface area contributed by atoms with Gasteiger partial charge < -0.3 is 4.74 Å². The van der Waals surface area contributed by atoms with Crippen LogP contribution in [0.15, 0.2) is 65.3 Å². The van der Waals surface area contributed by atoms with Crippen LogP contribution in [-0.4, -0.2) is 11.9 Å². The van der Waals surface area contributed by atoms with E-state index in [1.54, 1.807) is 6.08 Å². The topological polar surface area (TPSA) is 38.7 Å². The van der Waals surface area contributed by atoms with E-state index in [9.17, 15) is 9.18 Å². The molecule has 3 nitrogen and oxygen atoms in total. The van der Waals surface area contributed by atoms with E-state index in [2.05, 4.69) is 4.99 Å². The zero-order chi connectivity index (χ0) is 13.9. The summed E-state index contributed by atoms with van der Waals surface area (Å²) in [6, 6.07) is 15.0. The zero-order valence-corrected chi connectivity index (χ0v) is 10.4. The smallest absolute Gasteiger partial charge is 0.363 e. The quantitative estimate of drug-likeness (QED) is 0.619. The second kappa shape index (κ2) is 5.09. The van der Waals surface area contributed by atoms with Crippen molar-refractivity contribution in [3.63, 3.8) is 0 Å². The van der Waals surface area contributed by atoms with Crippen LogP contribution < -0.4 is 0 Å². The van der Waals surface area contributed by atoms with Gasteiger partial charge in [0, 0.05) is 5.56 Å². The van der Waals surface area contributed by atoms with Gasteiger partial charge in [0.25, 0.3) is 0 Å². The van der Waals surface area contributed by atoms with E-state index in [0.29, 0.717) is 5.56 Å². The van der Waals surface area contributed by atoms with Crippen LogP contribution in [0, 0.1) is 5.82 Å². The summed E-state index contributed by atoms with van der Waals surface area (Å²) in [4.78, 5) is 15.9. The Hall–Kier alpha value is -2.75. The predicted molar refractivity (Wildman–Crippen MR) is 73.4 cm³/mol. The Balaban J connectivity index is 1.93. The minimum Gasteiger partial charge on any atom is -0.402 e. The Morgan fingerprint density at radius 1 is 1.00 bits per heavy atom. The summed E-state index contributed by atoms with van der Waals surface area (Å²) in [5.41, 5.74) is 1.66. The van der Waals surface area contributed by atoms with Crippen molar-refractivity contribution in [2.24, 2.45) is 4.99 Å². The maximum atomic E-state index is 12.9. The summed E-state index contributed by atoms with van der Waals surface area (Å²) in [5.74, 6) is -0.663. The van der Waals surface area contributed by atoms with Gasteiger partial charge in [-0.1, -0.05) is 30.3 Å². The van der Waals surface area contributed by atoms with Crippen LogP contribution in [0.1, 0.15) is 11.1 Å². The second-order valence-corrected chi connectivity index (χ2v) is 4.25. The van der Waals surface area contributed by atoms with Gasteiger partial charge in [0.15, 0.2) is 5.70 Å². The van der Waals surface area contributed by atoms with E-state index in [1.807, 2.05) is 30.3 Å². The number of rotatable bonds is 2. The van der Waals surface area contributed by atoms with E-state index in [-0.39, 0.29) is 17.4 Å². The van der Waals surface area contributed by atoms with Crippen LogP contribution >= 0.6 is 0 Å². The summed E-state index contributed by atoms with van der Waals surface area (Å²) in [6.07, 6.45) is 1.65. The number of carbonyl (C=O) groups is 1. The lowest BCUT2D eigenvalue weighted by atomic mass is 10.2. The summed E-state index contributed by atoms with van der Waals surface area (Å²) in [6.45, 7) is 0. The molecular formula is C16H10FNO2. The van der Waals surface area contributed by atoms with E-state index in [1.165, 1.54) is 24.3 Å². The van der Waals surface area contributed by atoms with Gasteiger partial charge in [-0.05, 0) is 35.9 Å². The lowest BCUT2D eigenvalue weighted by molar-refractivity contribution is -0.129. The molecule has 1 aliphatic heterocycles. The molecule has 0 bridgehead atoms. The standard InChI is InChI=1S/C16H10FNO2/c17-13-8-6-12(7-9-13)15-18-14(16(19)20-15)10-11-4-2-1-3-5-11/h1-10H/b14-10+. The van der Waals surface area contributed by atoms with Crippen molar-refractivity contribution >= 4 is 17.9 Å². The van der Waals surface area contributed by atoms with Crippen molar-refractivity contribution in [3.8, 4) is 0 Å². The zero-order valence-electron chi connectivity index (χ0n) is 10.4. The molecular weight excluding hydrogens is 257 g/mol. The normalized spacial score (nSPS) is 16.1. The average molecular weight is 267 g/mol. The Morgan fingerprint density at radius 3 is 2.40 bits per heavy atom. The molecule has 0 unspecified atom stereocenters. The number of cyclic esters (lactones) is 1. The number of hydrogen-bond acceptors (Lipinski definition) is 3. The number of halogens is 1. The Kier molecular flexibility index (Phi) is 3.13. The molecule has 0 aliphatic carbocycles. The van der Waals surface area contributed by atoms with Crippen molar-refractivity contribution in [2.45, 2.75) is 0 Å². The molecule has 0 radical (unpaired) electrons. The highest BCUT2D eigenvalue weighted by Crippen LogP contribution is 2.19. The Labute approximate surface area is 115 Å². The molecule has 3 rings (SSSR count). The molecule has 0 saturated heterocycles. The predicted octanol–water partition coefficient (Wildman–Crippen LogP) is 3.17. The fraction of sp³-hybridized carbons (Fsp3) is 0. The second-order valence-electron chi connectivity index (χ2n) is 4.25. The lowest BCUT2D eigenvalue weighted by Crippen LogP contribution is -2.05.